The van der Waals surface area contributed by atoms with Gasteiger partial charge >= 0.3 is 0 Å². The van der Waals surface area contributed by atoms with Gasteiger partial charge in [0, 0.05) is 63.1 Å². The molecule has 3 aliphatic rings. The van der Waals surface area contributed by atoms with Crippen LogP contribution in [0.2, 0.25) is 0 Å². The molecule has 6 rings (SSSR count). The van der Waals surface area contributed by atoms with Crippen LogP contribution >= 0.6 is 0 Å². The molecule has 198 valence electrons. The molecule has 1 saturated carbocycles. The van der Waals surface area contributed by atoms with E-state index < -0.39 is 0 Å². The number of amides is 2. The maximum Gasteiger partial charge on any atom is 0.251 e. The number of ether oxygens (including phenoxy) is 1. The van der Waals surface area contributed by atoms with Crippen molar-refractivity contribution in [1.29, 1.82) is 0 Å². The Bertz CT molecular complexity index is 1370. The lowest BCUT2D eigenvalue weighted by molar-refractivity contribution is -0.128. The molecule has 0 atom stereocenters. The molecule has 0 radical (unpaired) electrons. The third kappa shape index (κ3) is 5.29. The molecular formula is C29H34N6O3. The number of nitrogens with zero attached hydrogens (tertiary/aromatic N) is 4. The van der Waals surface area contributed by atoms with Gasteiger partial charge in [-0.3, -0.25) is 14.0 Å². The maximum absolute atomic E-state index is 12.5. The Morgan fingerprint density at radius 2 is 1.89 bits per heavy atom. The summed E-state index contributed by atoms with van der Waals surface area (Å²) in [5.41, 5.74) is 5.37. The third-order valence-electron chi connectivity index (χ3n) is 7.73. The Morgan fingerprint density at radius 1 is 1.11 bits per heavy atom. The Morgan fingerprint density at radius 3 is 2.58 bits per heavy atom. The summed E-state index contributed by atoms with van der Waals surface area (Å²) in [5.74, 6) is 1.37. The number of imidazole rings is 1. The average molecular weight is 515 g/mol. The number of fused-ring (bicyclic) bond motifs is 1. The second kappa shape index (κ2) is 10.6. The highest BCUT2D eigenvalue weighted by Gasteiger charge is 2.24. The fraction of sp³-hybridized carbons (Fsp3) is 0.448. The SMILES string of the molecule is CC(=O)N1CC=C(c2cn3c(-c4ccc(C(=O)NC5CC5)cc4)cnc3c(NCC3CCOCC3)n2)CC1. The largest absolute Gasteiger partial charge is 0.381 e. The summed E-state index contributed by atoms with van der Waals surface area (Å²) in [5, 5.41) is 6.63. The standard InChI is InChI=1S/C29H34N6O3/c1-19(36)34-12-8-21(9-13-34)25-18-35-26(22-2-4-23(5-3-22)29(37)32-24-6-7-24)17-31-28(35)27(33-25)30-16-20-10-14-38-15-11-20/h2-5,8,17-18,20,24H,6-7,9-16H2,1H3,(H,30,33)(H,32,37). The van der Waals surface area contributed by atoms with Crippen molar-refractivity contribution in [1.82, 2.24) is 24.6 Å². The Hall–Kier alpha value is -3.72. The van der Waals surface area contributed by atoms with Crippen molar-refractivity contribution in [3.63, 3.8) is 0 Å². The lowest BCUT2D eigenvalue weighted by Gasteiger charge is -2.25. The summed E-state index contributed by atoms with van der Waals surface area (Å²) in [6.07, 6.45) is 11.0. The minimum Gasteiger partial charge on any atom is -0.381 e. The van der Waals surface area contributed by atoms with Crippen LogP contribution in [0, 0.1) is 5.92 Å². The van der Waals surface area contributed by atoms with E-state index in [0.717, 1.165) is 85.9 Å². The molecule has 9 heteroatoms. The summed E-state index contributed by atoms with van der Waals surface area (Å²) in [7, 11) is 0. The number of anilines is 1. The van der Waals surface area contributed by atoms with Gasteiger partial charge in [-0.1, -0.05) is 18.2 Å². The van der Waals surface area contributed by atoms with Gasteiger partial charge in [-0.2, -0.15) is 0 Å². The van der Waals surface area contributed by atoms with E-state index in [1.807, 2.05) is 41.6 Å². The van der Waals surface area contributed by atoms with Crippen LogP contribution in [0.4, 0.5) is 5.82 Å². The molecule has 2 fully saturated rings. The van der Waals surface area contributed by atoms with E-state index >= 15 is 0 Å². The highest BCUT2D eigenvalue weighted by molar-refractivity contribution is 5.95. The number of hydrogen-bond donors (Lipinski definition) is 2. The van der Waals surface area contributed by atoms with Gasteiger partial charge in [0.25, 0.3) is 5.91 Å². The average Bonchev–Trinajstić information content (AvgIpc) is 3.67. The number of aromatic nitrogens is 3. The fourth-order valence-corrected chi connectivity index (χ4v) is 5.14. The van der Waals surface area contributed by atoms with Gasteiger partial charge in [0.2, 0.25) is 5.91 Å². The first-order valence-electron chi connectivity index (χ1n) is 13.6. The minimum atomic E-state index is -0.0212. The van der Waals surface area contributed by atoms with E-state index in [1.54, 1.807) is 6.92 Å². The van der Waals surface area contributed by atoms with E-state index in [-0.39, 0.29) is 11.8 Å². The van der Waals surface area contributed by atoms with Gasteiger partial charge < -0.3 is 20.3 Å². The second-order valence-electron chi connectivity index (χ2n) is 10.5. The molecular weight excluding hydrogens is 480 g/mol. The lowest BCUT2D eigenvalue weighted by Crippen LogP contribution is -2.32. The van der Waals surface area contributed by atoms with Crippen molar-refractivity contribution < 1.29 is 14.3 Å². The molecule has 3 aromatic rings. The van der Waals surface area contributed by atoms with Crippen LogP contribution in [-0.4, -0.2) is 70.0 Å². The van der Waals surface area contributed by atoms with Crippen LogP contribution in [-0.2, 0) is 9.53 Å². The van der Waals surface area contributed by atoms with Crippen LogP contribution in [0.1, 0.15) is 55.1 Å². The topological polar surface area (TPSA) is 101 Å². The molecule has 0 spiro atoms. The van der Waals surface area contributed by atoms with Crippen molar-refractivity contribution in [3.05, 3.63) is 54.0 Å². The zero-order valence-electron chi connectivity index (χ0n) is 21.8. The van der Waals surface area contributed by atoms with Gasteiger partial charge in [-0.05, 0) is 55.7 Å². The predicted octanol–water partition coefficient (Wildman–Crippen LogP) is 3.76. The fourth-order valence-electron chi connectivity index (χ4n) is 5.14. The van der Waals surface area contributed by atoms with Crippen molar-refractivity contribution >= 4 is 28.9 Å². The van der Waals surface area contributed by atoms with Crippen LogP contribution in [0.3, 0.4) is 0 Å². The lowest BCUT2D eigenvalue weighted by atomic mass is 10.0. The molecule has 2 aromatic heterocycles. The van der Waals surface area contributed by atoms with Crippen molar-refractivity contribution in [3.8, 4) is 11.3 Å². The van der Waals surface area contributed by atoms with Gasteiger partial charge in [-0.25, -0.2) is 9.97 Å². The van der Waals surface area contributed by atoms with Crippen LogP contribution in [0.5, 0.6) is 0 Å². The Labute approximate surface area is 222 Å². The molecule has 9 nitrogen and oxygen atoms in total. The molecule has 2 N–H and O–H groups in total. The molecule has 38 heavy (non-hydrogen) atoms. The third-order valence-corrected chi connectivity index (χ3v) is 7.73. The normalized spacial score (nSPS) is 18.3. The quantitative estimate of drug-likeness (QED) is 0.498. The predicted molar refractivity (Wildman–Crippen MR) is 146 cm³/mol. The molecule has 1 saturated heterocycles. The Kier molecular flexibility index (Phi) is 6.84. The van der Waals surface area contributed by atoms with Crippen molar-refractivity contribution in [2.75, 3.05) is 38.2 Å². The summed E-state index contributed by atoms with van der Waals surface area (Å²) in [6, 6.07) is 8.03. The van der Waals surface area contributed by atoms with Crippen molar-refractivity contribution in [2.45, 2.75) is 45.1 Å². The second-order valence-corrected chi connectivity index (χ2v) is 10.5. The van der Waals surface area contributed by atoms with Crippen LogP contribution < -0.4 is 10.6 Å². The van der Waals surface area contributed by atoms with E-state index in [9.17, 15) is 9.59 Å². The molecule has 4 heterocycles. The number of nitrogens with one attached hydrogen (secondary N) is 2. The van der Waals surface area contributed by atoms with Gasteiger partial charge in [0.15, 0.2) is 11.5 Å². The molecule has 2 aliphatic heterocycles. The highest BCUT2D eigenvalue weighted by Crippen LogP contribution is 2.29. The molecule has 0 unspecified atom stereocenters. The number of carbonyl (C=O) groups excluding carboxylic acids is 2. The highest BCUT2D eigenvalue weighted by atomic mass is 16.5. The van der Waals surface area contributed by atoms with E-state index in [4.69, 9.17) is 14.7 Å². The minimum absolute atomic E-state index is 0.0212. The van der Waals surface area contributed by atoms with Crippen molar-refractivity contribution in [2.24, 2.45) is 5.92 Å². The maximum atomic E-state index is 12.5. The first-order valence-corrected chi connectivity index (χ1v) is 13.6. The molecule has 1 aromatic carbocycles. The van der Waals surface area contributed by atoms with Crippen LogP contribution in [0.25, 0.3) is 22.5 Å². The Balaban J connectivity index is 1.32. The molecule has 2 amide bonds. The van der Waals surface area contributed by atoms with E-state index in [0.29, 0.717) is 30.6 Å². The van der Waals surface area contributed by atoms with E-state index in [2.05, 4.69) is 21.1 Å². The zero-order valence-corrected chi connectivity index (χ0v) is 21.8. The zero-order chi connectivity index (χ0) is 26.1. The first-order chi connectivity index (χ1) is 18.5. The molecule has 1 aliphatic carbocycles. The molecule has 0 bridgehead atoms. The summed E-state index contributed by atoms with van der Waals surface area (Å²) in [6.45, 7) is 5.32. The number of benzene rings is 1. The van der Waals surface area contributed by atoms with Gasteiger partial charge in [0.05, 0.1) is 17.6 Å². The monoisotopic (exact) mass is 514 g/mol. The van der Waals surface area contributed by atoms with Crippen LogP contribution in [0.15, 0.2) is 42.7 Å². The van der Waals surface area contributed by atoms with Gasteiger partial charge in [-0.15, -0.1) is 0 Å². The smallest absolute Gasteiger partial charge is 0.251 e. The van der Waals surface area contributed by atoms with E-state index in [1.165, 1.54) is 0 Å². The first kappa shape index (κ1) is 24.6. The summed E-state index contributed by atoms with van der Waals surface area (Å²) in [4.78, 5) is 35.9. The number of carbonyl (C=O) groups is 2. The summed E-state index contributed by atoms with van der Waals surface area (Å²) >= 11 is 0. The number of hydrogen-bond acceptors (Lipinski definition) is 6. The number of rotatable bonds is 7. The summed E-state index contributed by atoms with van der Waals surface area (Å²) < 4.78 is 7.61. The van der Waals surface area contributed by atoms with Gasteiger partial charge in [0.1, 0.15) is 0 Å².